The number of nitrogen functional groups attached to an aromatic ring is 1. The van der Waals surface area contributed by atoms with Crippen LogP contribution in [0.4, 0.5) is 14.5 Å². The van der Waals surface area contributed by atoms with Gasteiger partial charge in [-0.1, -0.05) is 12.1 Å². The van der Waals surface area contributed by atoms with Gasteiger partial charge in [-0.2, -0.15) is 0 Å². The first-order valence-corrected chi connectivity index (χ1v) is 5.55. The van der Waals surface area contributed by atoms with Crippen LogP contribution in [0.3, 0.4) is 0 Å². The maximum atomic E-state index is 11.7. The monoisotopic (exact) mass is 258 g/mol. The van der Waals surface area contributed by atoms with Crippen LogP contribution in [0, 0.1) is 0 Å². The number of alkyl halides is 2. The van der Waals surface area contributed by atoms with Crippen molar-refractivity contribution < 1.29 is 18.3 Å². The molecular weight excluding hydrogens is 242 g/mol. The van der Waals surface area contributed by atoms with Crippen LogP contribution in [0.25, 0.3) is 0 Å². The summed E-state index contributed by atoms with van der Waals surface area (Å²) in [6, 6.07) is 6.97. The summed E-state index contributed by atoms with van der Waals surface area (Å²) in [6.45, 7) is -0.299. The Hall–Kier alpha value is -1.69. The van der Waals surface area contributed by atoms with Crippen molar-refractivity contribution in [2.45, 2.75) is 12.8 Å². The van der Waals surface area contributed by atoms with E-state index in [0.29, 0.717) is 5.69 Å². The fourth-order valence-electron chi connectivity index (χ4n) is 1.32. The van der Waals surface area contributed by atoms with Gasteiger partial charge in [0.1, 0.15) is 6.61 Å². The molecule has 0 saturated carbocycles. The van der Waals surface area contributed by atoms with Gasteiger partial charge < -0.3 is 15.8 Å². The predicted octanol–water partition coefficient (Wildman–Crippen LogP) is 1.21. The third kappa shape index (κ3) is 6.15. The van der Waals surface area contributed by atoms with Crippen LogP contribution in [0.1, 0.15) is 5.56 Å². The van der Waals surface area contributed by atoms with Crippen LogP contribution in [0.2, 0.25) is 0 Å². The molecule has 0 aliphatic heterocycles. The quantitative estimate of drug-likeness (QED) is 0.570. The number of halogens is 2. The molecule has 3 N–H and O–H groups in total. The number of rotatable bonds is 7. The number of benzene rings is 1. The minimum absolute atomic E-state index is 0.0812. The van der Waals surface area contributed by atoms with E-state index in [1.165, 1.54) is 0 Å². The summed E-state index contributed by atoms with van der Waals surface area (Å²) in [5.41, 5.74) is 7.00. The first-order valence-electron chi connectivity index (χ1n) is 5.55. The molecule has 6 heteroatoms. The Kier molecular flexibility index (Phi) is 6.07. The number of hydrogen-bond acceptors (Lipinski definition) is 3. The highest BCUT2D eigenvalue weighted by molar-refractivity contribution is 5.78. The number of hydrogen-bond donors (Lipinski definition) is 2. The first-order chi connectivity index (χ1) is 8.58. The molecule has 0 heterocycles. The summed E-state index contributed by atoms with van der Waals surface area (Å²) in [7, 11) is 0. The zero-order valence-electron chi connectivity index (χ0n) is 9.86. The van der Waals surface area contributed by atoms with Crippen molar-refractivity contribution in [3.05, 3.63) is 29.8 Å². The fourth-order valence-corrected chi connectivity index (χ4v) is 1.32. The maximum Gasteiger partial charge on any atom is 0.261 e. The van der Waals surface area contributed by atoms with E-state index < -0.39 is 13.0 Å². The molecule has 0 radical (unpaired) electrons. The summed E-state index contributed by atoms with van der Waals surface area (Å²) in [6.07, 6.45) is -2.25. The van der Waals surface area contributed by atoms with E-state index in [2.05, 4.69) is 10.1 Å². The van der Waals surface area contributed by atoms with Crippen molar-refractivity contribution in [1.82, 2.24) is 5.32 Å². The van der Waals surface area contributed by atoms with Crippen molar-refractivity contribution in [3.8, 4) is 0 Å². The van der Waals surface area contributed by atoms with E-state index in [1.54, 1.807) is 24.3 Å². The molecule has 1 aromatic carbocycles. The predicted molar refractivity (Wildman–Crippen MR) is 64.4 cm³/mol. The average Bonchev–Trinajstić information content (AvgIpc) is 2.31. The molecule has 0 unspecified atom stereocenters. The summed E-state index contributed by atoms with van der Waals surface area (Å²) in [5, 5.41) is 2.58. The van der Waals surface area contributed by atoms with Gasteiger partial charge in [0.2, 0.25) is 5.91 Å². The molecule has 0 saturated heterocycles. The second kappa shape index (κ2) is 7.60. The third-order valence-electron chi connectivity index (χ3n) is 2.16. The Labute approximate surface area is 104 Å². The summed E-state index contributed by atoms with van der Waals surface area (Å²) < 4.78 is 28.1. The molecular formula is C12H16F2N2O2. The largest absolute Gasteiger partial charge is 0.399 e. The lowest BCUT2D eigenvalue weighted by molar-refractivity contribution is -0.120. The zero-order valence-corrected chi connectivity index (χ0v) is 9.86. The van der Waals surface area contributed by atoms with Gasteiger partial charge in [0.05, 0.1) is 13.0 Å². The van der Waals surface area contributed by atoms with E-state index in [4.69, 9.17) is 5.73 Å². The van der Waals surface area contributed by atoms with Crippen molar-refractivity contribution in [2.24, 2.45) is 0 Å². The standard InChI is InChI=1S/C12H16F2N2O2/c13-11(14)8-18-6-5-16-12(17)7-9-1-3-10(15)4-2-9/h1-4,11H,5-8,15H2,(H,16,17). The highest BCUT2D eigenvalue weighted by Gasteiger charge is 2.04. The van der Waals surface area contributed by atoms with Crippen LogP contribution in [-0.2, 0) is 16.0 Å². The molecule has 0 aromatic heterocycles. The molecule has 1 amide bonds. The van der Waals surface area contributed by atoms with Gasteiger partial charge in [-0.15, -0.1) is 0 Å². The van der Waals surface area contributed by atoms with Crippen molar-refractivity contribution in [2.75, 3.05) is 25.5 Å². The van der Waals surface area contributed by atoms with E-state index in [1.807, 2.05) is 0 Å². The Bertz CT molecular complexity index is 369. The number of nitrogens with two attached hydrogens (primary N) is 1. The smallest absolute Gasteiger partial charge is 0.261 e. The SMILES string of the molecule is Nc1ccc(CC(=O)NCCOCC(F)F)cc1. The number of ether oxygens (including phenoxy) is 1. The molecule has 0 aliphatic rings. The molecule has 18 heavy (non-hydrogen) atoms. The van der Waals surface area contributed by atoms with Crippen LogP contribution in [0.15, 0.2) is 24.3 Å². The van der Waals surface area contributed by atoms with Gasteiger partial charge in [-0.25, -0.2) is 8.78 Å². The Morgan fingerprint density at radius 1 is 1.33 bits per heavy atom. The van der Waals surface area contributed by atoms with Crippen LogP contribution >= 0.6 is 0 Å². The van der Waals surface area contributed by atoms with Gasteiger partial charge in [-0.3, -0.25) is 4.79 Å². The van der Waals surface area contributed by atoms with Gasteiger partial charge in [0, 0.05) is 12.2 Å². The Morgan fingerprint density at radius 3 is 2.61 bits per heavy atom. The average molecular weight is 258 g/mol. The van der Waals surface area contributed by atoms with Crippen LogP contribution in [0.5, 0.6) is 0 Å². The molecule has 0 spiro atoms. The lowest BCUT2D eigenvalue weighted by Gasteiger charge is -2.06. The first kappa shape index (κ1) is 14.4. The summed E-state index contributed by atoms with van der Waals surface area (Å²) in [4.78, 5) is 11.4. The van der Waals surface area contributed by atoms with Gasteiger partial charge in [-0.05, 0) is 17.7 Å². The molecule has 0 bridgehead atoms. The molecule has 0 atom stereocenters. The van der Waals surface area contributed by atoms with Crippen LogP contribution < -0.4 is 11.1 Å². The number of amides is 1. The van der Waals surface area contributed by atoms with E-state index >= 15 is 0 Å². The summed E-state index contributed by atoms with van der Waals surface area (Å²) in [5.74, 6) is -0.180. The molecule has 0 aliphatic carbocycles. The van der Waals surface area contributed by atoms with Gasteiger partial charge in [0.25, 0.3) is 6.43 Å². The minimum Gasteiger partial charge on any atom is -0.399 e. The topological polar surface area (TPSA) is 64.4 Å². The number of anilines is 1. The number of nitrogens with one attached hydrogen (secondary N) is 1. The Morgan fingerprint density at radius 2 is 2.00 bits per heavy atom. The summed E-state index contributed by atoms with van der Waals surface area (Å²) >= 11 is 0. The second-order valence-corrected chi connectivity index (χ2v) is 3.73. The molecule has 1 rings (SSSR count). The minimum atomic E-state index is -2.48. The highest BCUT2D eigenvalue weighted by Crippen LogP contribution is 2.05. The maximum absolute atomic E-state index is 11.7. The fraction of sp³-hybridized carbons (Fsp3) is 0.417. The molecule has 100 valence electrons. The normalized spacial score (nSPS) is 10.6. The second-order valence-electron chi connectivity index (χ2n) is 3.73. The number of carbonyl (C=O) groups is 1. The zero-order chi connectivity index (χ0) is 13.4. The molecule has 4 nitrogen and oxygen atoms in total. The van der Waals surface area contributed by atoms with Crippen molar-refractivity contribution in [1.29, 1.82) is 0 Å². The number of carbonyl (C=O) groups excluding carboxylic acids is 1. The van der Waals surface area contributed by atoms with E-state index in [0.717, 1.165) is 5.56 Å². The lowest BCUT2D eigenvalue weighted by atomic mass is 10.1. The van der Waals surface area contributed by atoms with Crippen LogP contribution in [-0.4, -0.2) is 32.1 Å². The van der Waals surface area contributed by atoms with E-state index in [9.17, 15) is 13.6 Å². The van der Waals surface area contributed by atoms with Crippen molar-refractivity contribution in [3.63, 3.8) is 0 Å². The highest BCUT2D eigenvalue weighted by atomic mass is 19.3. The van der Waals surface area contributed by atoms with E-state index in [-0.39, 0.29) is 25.5 Å². The van der Waals surface area contributed by atoms with Gasteiger partial charge >= 0.3 is 0 Å². The van der Waals surface area contributed by atoms with Gasteiger partial charge in [0.15, 0.2) is 0 Å². The van der Waals surface area contributed by atoms with Crippen molar-refractivity contribution >= 4 is 11.6 Å². The lowest BCUT2D eigenvalue weighted by Crippen LogP contribution is -2.29. The molecule has 0 fully saturated rings. The third-order valence-corrected chi connectivity index (χ3v) is 2.16. The molecule has 1 aromatic rings. The Balaban J connectivity index is 2.16.